The number of carbonyl (C=O) groups is 1. The normalized spacial score (nSPS) is 10.3. The van der Waals surface area contributed by atoms with Gasteiger partial charge in [0, 0.05) is 5.92 Å². The molecule has 0 spiro atoms. The molecule has 0 unspecified atom stereocenters. The lowest BCUT2D eigenvalue weighted by molar-refractivity contribution is -0.122. The number of hydrogen-bond acceptors (Lipinski definition) is 2. The summed E-state index contributed by atoms with van der Waals surface area (Å²) in [5, 5.41) is 6.44. The molecule has 0 heterocycles. The van der Waals surface area contributed by atoms with E-state index in [2.05, 4.69) is 10.6 Å². The third-order valence-electron chi connectivity index (χ3n) is 2.43. The Morgan fingerprint density at radius 2 is 1.94 bits per heavy atom. The molecule has 0 aliphatic rings. The summed E-state index contributed by atoms with van der Waals surface area (Å²) in [5.41, 5.74) is 2.80. The van der Waals surface area contributed by atoms with Gasteiger partial charge in [0.25, 0.3) is 0 Å². The second kappa shape index (κ2) is 6.16. The molecule has 0 aliphatic carbocycles. The van der Waals surface area contributed by atoms with Crippen LogP contribution in [0.2, 0.25) is 5.02 Å². The van der Waals surface area contributed by atoms with E-state index in [0.29, 0.717) is 5.02 Å². The highest BCUT2D eigenvalue weighted by molar-refractivity contribution is 7.80. The average Bonchev–Trinajstić information content (AvgIpc) is 2.23. The molecule has 0 aliphatic heterocycles. The van der Waals surface area contributed by atoms with Crippen molar-refractivity contribution in [3.63, 3.8) is 0 Å². The summed E-state index contributed by atoms with van der Waals surface area (Å²) in [6, 6.07) is 3.85. The minimum Gasteiger partial charge on any atom is -0.331 e. The Bertz CT molecular complexity index is 463. The van der Waals surface area contributed by atoms with Crippen molar-refractivity contribution in [2.24, 2.45) is 5.92 Å². The van der Waals surface area contributed by atoms with E-state index in [4.69, 9.17) is 23.8 Å². The molecule has 0 atom stereocenters. The van der Waals surface area contributed by atoms with Crippen LogP contribution in [0.15, 0.2) is 12.1 Å². The van der Waals surface area contributed by atoms with Gasteiger partial charge in [-0.3, -0.25) is 4.79 Å². The van der Waals surface area contributed by atoms with Crippen molar-refractivity contribution in [3.05, 3.63) is 28.3 Å². The van der Waals surface area contributed by atoms with Gasteiger partial charge < -0.3 is 10.6 Å². The molecule has 0 saturated heterocycles. The zero-order valence-electron chi connectivity index (χ0n) is 10.9. The molecule has 5 heteroatoms. The van der Waals surface area contributed by atoms with E-state index in [1.54, 1.807) is 0 Å². The third kappa shape index (κ3) is 3.96. The molecule has 0 fully saturated rings. The van der Waals surface area contributed by atoms with Gasteiger partial charge in [0.15, 0.2) is 5.11 Å². The number of benzene rings is 1. The van der Waals surface area contributed by atoms with E-state index < -0.39 is 0 Å². The van der Waals surface area contributed by atoms with Gasteiger partial charge in [-0.2, -0.15) is 0 Å². The average molecular weight is 285 g/mol. The summed E-state index contributed by atoms with van der Waals surface area (Å²) in [4.78, 5) is 11.5. The lowest BCUT2D eigenvalue weighted by Crippen LogP contribution is -2.36. The first kappa shape index (κ1) is 14.9. The van der Waals surface area contributed by atoms with Crippen molar-refractivity contribution in [2.45, 2.75) is 27.7 Å². The van der Waals surface area contributed by atoms with E-state index >= 15 is 0 Å². The molecular formula is C13H17ClN2OS. The minimum atomic E-state index is -0.117. The lowest BCUT2D eigenvalue weighted by atomic mass is 10.1. The standard InChI is InChI=1S/C13H17ClN2OS/c1-7(2)12(17)16-13(18)15-11-9(4)5-8(3)6-10(11)14/h5-7H,1-4H3,(H2,15,16,17,18). The van der Waals surface area contributed by atoms with Gasteiger partial charge in [0.2, 0.25) is 5.91 Å². The quantitative estimate of drug-likeness (QED) is 0.818. The number of hydrogen-bond donors (Lipinski definition) is 2. The SMILES string of the molecule is Cc1cc(C)c(NC(=S)NC(=O)C(C)C)c(Cl)c1. The van der Waals surface area contributed by atoms with Crippen LogP contribution in [0.25, 0.3) is 0 Å². The maximum absolute atomic E-state index is 11.5. The largest absolute Gasteiger partial charge is 0.331 e. The fourth-order valence-corrected chi connectivity index (χ4v) is 2.05. The second-order valence-corrected chi connectivity index (χ2v) is 5.35. The van der Waals surface area contributed by atoms with Crippen LogP contribution in [0.3, 0.4) is 0 Å². The number of halogens is 1. The van der Waals surface area contributed by atoms with E-state index in [-0.39, 0.29) is 16.9 Å². The van der Waals surface area contributed by atoms with Crippen molar-refractivity contribution in [1.82, 2.24) is 5.32 Å². The lowest BCUT2D eigenvalue weighted by Gasteiger charge is -2.14. The first-order chi connectivity index (χ1) is 8.31. The van der Waals surface area contributed by atoms with E-state index in [1.165, 1.54) is 0 Å². The Morgan fingerprint density at radius 3 is 2.44 bits per heavy atom. The minimum absolute atomic E-state index is 0.112. The molecule has 0 bridgehead atoms. The first-order valence-corrected chi connectivity index (χ1v) is 6.48. The van der Waals surface area contributed by atoms with Gasteiger partial charge >= 0.3 is 0 Å². The van der Waals surface area contributed by atoms with Crippen LogP contribution in [-0.4, -0.2) is 11.0 Å². The molecule has 0 radical (unpaired) electrons. The number of nitrogens with one attached hydrogen (secondary N) is 2. The number of carbonyl (C=O) groups excluding carboxylic acids is 1. The number of aryl methyl sites for hydroxylation is 2. The zero-order chi connectivity index (χ0) is 13.9. The fourth-order valence-electron chi connectivity index (χ4n) is 1.48. The highest BCUT2D eigenvalue weighted by Gasteiger charge is 2.11. The van der Waals surface area contributed by atoms with Crippen LogP contribution in [0.1, 0.15) is 25.0 Å². The molecule has 98 valence electrons. The summed E-state index contributed by atoms with van der Waals surface area (Å²) in [5.74, 6) is -0.229. The van der Waals surface area contributed by atoms with Crippen LogP contribution in [0.4, 0.5) is 5.69 Å². The van der Waals surface area contributed by atoms with Crippen LogP contribution in [0, 0.1) is 19.8 Å². The van der Waals surface area contributed by atoms with Crippen LogP contribution in [0.5, 0.6) is 0 Å². The molecule has 1 amide bonds. The molecule has 18 heavy (non-hydrogen) atoms. The number of thiocarbonyl (C=S) groups is 1. The maximum Gasteiger partial charge on any atom is 0.228 e. The van der Waals surface area contributed by atoms with Gasteiger partial charge in [-0.15, -0.1) is 0 Å². The number of anilines is 1. The Hall–Kier alpha value is -1.13. The van der Waals surface area contributed by atoms with Gasteiger partial charge in [-0.05, 0) is 43.3 Å². The maximum atomic E-state index is 11.5. The third-order valence-corrected chi connectivity index (χ3v) is 2.93. The Balaban J connectivity index is 2.80. The van der Waals surface area contributed by atoms with Crippen LogP contribution >= 0.6 is 23.8 Å². The highest BCUT2D eigenvalue weighted by atomic mass is 35.5. The molecule has 0 aromatic heterocycles. The predicted octanol–water partition coefficient (Wildman–Crippen LogP) is 3.43. The second-order valence-electron chi connectivity index (χ2n) is 4.54. The van der Waals surface area contributed by atoms with E-state index in [9.17, 15) is 4.79 Å². The molecule has 1 rings (SSSR count). The summed E-state index contributed by atoms with van der Waals surface area (Å²) in [6.07, 6.45) is 0. The summed E-state index contributed by atoms with van der Waals surface area (Å²) in [7, 11) is 0. The smallest absolute Gasteiger partial charge is 0.228 e. The molecule has 2 N–H and O–H groups in total. The van der Waals surface area contributed by atoms with Crippen molar-refractivity contribution < 1.29 is 4.79 Å². The topological polar surface area (TPSA) is 41.1 Å². The molecule has 3 nitrogen and oxygen atoms in total. The van der Waals surface area contributed by atoms with Gasteiger partial charge in [0.05, 0.1) is 10.7 Å². The number of amides is 1. The molecular weight excluding hydrogens is 268 g/mol. The van der Waals surface area contributed by atoms with Gasteiger partial charge in [-0.1, -0.05) is 31.5 Å². The van der Waals surface area contributed by atoms with Crippen molar-refractivity contribution in [3.8, 4) is 0 Å². The van der Waals surface area contributed by atoms with Crippen LogP contribution in [-0.2, 0) is 4.79 Å². The first-order valence-electron chi connectivity index (χ1n) is 5.70. The summed E-state index contributed by atoms with van der Waals surface area (Å²) < 4.78 is 0. The van der Waals surface area contributed by atoms with Crippen molar-refractivity contribution in [1.29, 1.82) is 0 Å². The Kier molecular flexibility index (Phi) is 5.11. The van der Waals surface area contributed by atoms with Gasteiger partial charge in [-0.25, -0.2) is 0 Å². The number of rotatable bonds is 2. The highest BCUT2D eigenvalue weighted by Crippen LogP contribution is 2.27. The van der Waals surface area contributed by atoms with Gasteiger partial charge in [0.1, 0.15) is 0 Å². The van der Waals surface area contributed by atoms with Crippen molar-refractivity contribution in [2.75, 3.05) is 5.32 Å². The van der Waals surface area contributed by atoms with E-state index in [1.807, 2.05) is 39.8 Å². The predicted molar refractivity (Wildman–Crippen MR) is 80.1 cm³/mol. The van der Waals surface area contributed by atoms with Crippen LogP contribution < -0.4 is 10.6 Å². The Labute approximate surface area is 118 Å². The summed E-state index contributed by atoms with van der Waals surface area (Å²) in [6.45, 7) is 7.53. The molecule has 1 aromatic rings. The van der Waals surface area contributed by atoms with E-state index in [0.717, 1.165) is 16.8 Å². The Morgan fingerprint density at radius 1 is 1.33 bits per heavy atom. The van der Waals surface area contributed by atoms with Crippen molar-refractivity contribution >= 4 is 40.5 Å². The summed E-state index contributed by atoms with van der Waals surface area (Å²) >= 11 is 11.2. The zero-order valence-corrected chi connectivity index (χ0v) is 12.5. The fraction of sp³-hybridized carbons (Fsp3) is 0.385. The molecule has 1 aromatic carbocycles. The molecule has 0 saturated carbocycles. The monoisotopic (exact) mass is 284 g/mol.